The first kappa shape index (κ1) is 15.3. The molecule has 0 aromatic carbocycles. The van der Waals surface area contributed by atoms with Crippen molar-refractivity contribution in [2.45, 2.75) is 59.8 Å². The minimum Gasteiger partial charge on any atom is -0.303 e. The smallest absolute Gasteiger partial charge is 0.139 e. The summed E-state index contributed by atoms with van der Waals surface area (Å²) in [5.41, 5.74) is 0. The molecule has 0 fully saturated rings. The third kappa shape index (κ3) is 7.61. The largest absolute Gasteiger partial charge is 0.303 e. The molecule has 0 aliphatic carbocycles. The molecule has 0 aromatic rings. The Labute approximate surface area is 99.8 Å². The highest BCUT2D eigenvalue weighted by Crippen LogP contribution is 2.19. The summed E-state index contributed by atoms with van der Waals surface area (Å²) in [6, 6.07) is 0. The van der Waals surface area contributed by atoms with Gasteiger partial charge in [0.2, 0.25) is 0 Å². The first-order valence-corrected chi connectivity index (χ1v) is 6.43. The molecule has 94 valence electrons. The van der Waals surface area contributed by atoms with E-state index in [1.165, 1.54) is 26.2 Å². The van der Waals surface area contributed by atoms with E-state index in [2.05, 4.69) is 20.8 Å². The predicted octanol–water partition coefficient (Wildman–Crippen LogP) is 3.63. The highest BCUT2D eigenvalue weighted by Gasteiger charge is 2.14. The average molecular weight is 226 g/mol. The van der Waals surface area contributed by atoms with Gasteiger partial charge in [-0.3, -0.25) is 4.79 Å². The van der Waals surface area contributed by atoms with Crippen LogP contribution in [0.3, 0.4) is 0 Å². The van der Waals surface area contributed by atoms with E-state index in [0.717, 1.165) is 25.0 Å². The monoisotopic (exact) mass is 226 g/mol. The molecule has 0 aliphatic heterocycles. The third-order valence-electron chi connectivity index (χ3n) is 3.14. The van der Waals surface area contributed by atoms with Gasteiger partial charge in [-0.1, -0.05) is 40.0 Å². The number of hydrogen-bond donors (Lipinski definition) is 0. The lowest BCUT2D eigenvalue weighted by atomic mass is 9.91. The molecular formula is C14H26O2. The predicted molar refractivity (Wildman–Crippen MR) is 67.3 cm³/mol. The van der Waals surface area contributed by atoms with Gasteiger partial charge in [0.1, 0.15) is 12.1 Å². The number of aldehydes is 1. The van der Waals surface area contributed by atoms with Gasteiger partial charge >= 0.3 is 0 Å². The second-order valence-corrected chi connectivity index (χ2v) is 5.36. The lowest BCUT2D eigenvalue weighted by Gasteiger charge is -2.13. The Morgan fingerprint density at radius 1 is 1.06 bits per heavy atom. The van der Waals surface area contributed by atoms with E-state index in [4.69, 9.17) is 0 Å². The van der Waals surface area contributed by atoms with Gasteiger partial charge in [-0.2, -0.15) is 0 Å². The molecule has 0 N–H and O–H groups in total. The van der Waals surface area contributed by atoms with Gasteiger partial charge in [-0.05, 0) is 31.6 Å². The van der Waals surface area contributed by atoms with Crippen molar-refractivity contribution in [1.29, 1.82) is 0 Å². The van der Waals surface area contributed by atoms with E-state index in [-0.39, 0.29) is 11.7 Å². The first-order chi connectivity index (χ1) is 7.47. The molecule has 0 aromatic heterocycles. The summed E-state index contributed by atoms with van der Waals surface area (Å²) < 4.78 is 0. The Balaban J connectivity index is 3.67. The molecule has 0 aliphatic rings. The van der Waals surface area contributed by atoms with Gasteiger partial charge in [0.05, 0.1) is 5.92 Å². The Morgan fingerprint density at radius 2 is 1.69 bits per heavy atom. The lowest BCUT2D eigenvalue weighted by Crippen LogP contribution is -2.13. The topological polar surface area (TPSA) is 34.1 Å². The van der Waals surface area contributed by atoms with Gasteiger partial charge in [0.15, 0.2) is 0 Å². The molecule has 0 saturated carbocycles. The van der Waals surface area contributed by atoms with E-state index in [9.17, 15) is 9.59 Å². The van der Waals surface area contributed by atoms with E-state index in [1.807, 2.05) is 0 Å². The SMILES string of the molecule is CC(=O)C(C=O)CCC(C)CCCC(C)C. The number of rotatable bonds is 9. The van der Waals surface area contributed by atoms with Crippen molar-refractivity contribution in [2.24, 2.45) is 17.8 Å². The van der Waals surface area contributed by atoms with E-state index in [1.54, 1.807) is 0 Å². The number of carbonyl (C=O) groups excluding carboxylic acids is 2. The van der Waals surface area contributed by atoms with Crippen molar-refractivity contribution in [1.82, 2.24) is 0 Å². The molecule has 2 nitrogen and oxygen atoms in total. The first-order valence-electron chi connectivity index (χ1n) is 6.43. The van der Waals surface area contributed by atoms with Gasteiger partial charge in [-0.25, -0.2) is 0 Å². The Hall–Kier alpha value is -0.660. The molecule has 16 heavy (non-hydrogen) atoms. The minimum atomic E-state index is -0.368. The maximum absolute atomic E-state index is 11.1. The molecule has 0 rings (SSSR count). The summed E-state index contributed by atoms with van der Waals surface area (Å²) in [5, 5.41) is 0. The van der Waals surface area contributed by atoms with Crippen molar-refractivity contribution < 1.29 is 9.59 Å². The third-order valence-corrected chi connectivity index (χ3v) is 3.14. The highest BCUT2D eigenvalue weighted by atomic mass is 16.1. The number of carbonyl (C=O) groups is 2. The van der Waals surface area contributed by atoms with Gasteiger partial charge in [0, 0.05) is 0 Å². The van der Waals surface area contributed by atoms with Crippen LogP contribution in [0.4, 0.5) is 0 Å². The Morgan fingerprint density at radius 3 is 2.12 bits per heavy atom. The molecule has 0 bridgehead atoms. The normalized spacial score (nSPS) is 14.8. The Bertz CT molecular complexity index is 209. The summed E-state index contributed by atoms with van der Waals surface area (Å²) >= 11 is 0. The van der Waals surface area contributed by atoms with Gasteiger partial charge < -0.3 is 4.79 Å². The molecule has 2 heteroatoms. The molecule has 2 unspecified atom stereocenters. The van der Waals surface area contributed by atoms with Crippen LogP contribution in [0.5, 0.6) is 0 Å². The number of ketones is 1. The van der Waals surface area contributed by atoms with Crippen LogP contribution in [0.2, 0.25) is 0 Å². The summed E-state index contributed by atoms with van der Waals surface area (Å²) in [7, 11) is 0. The van der Waals surface area contributed by atoms with Crippen molar-refractivity contribution in [2.75, 3.05) is 0 Å². The van der Waals surface area contributed by atoms with Gasteiger partial charge in [0.25, 0.3) is 0 Å². The Kier molecular flexibility index (Phi) is 8.14. The molecule has 2 atom stereocenters. The van der Waals surface area contributed by atoms with E-state index in [0.29, 0.717) is 5.92 Å². The zero-order valence-corrected chi connectivity index (χ0v) is 11.2. The summed E-state index contributed by atoms with van der Waals surface area (Å²) in [6.45, 7) is 8.19. The summed E-state index contributed by atoms with van der Waals surface area (Å²) in [6.07, 6.45) is 6.24. The summed E-state index contributed by atoms with van der Waals surface area (Å²) in [4.78, 5) is 21.7. The van der Waals surface area contributed by atoms with E-state index >= 15 is 0 Å². The lowest BCUT2D eigenvalue weighted by molar-refractivity contribution is -0.126. The average Bonchev–Trinajstić information content (AvgIpc) is 2.17. The van der Waals surface area contributed by atoms with Crippen molar-refractivity contribution in [3.05, 3.63) is 0 Å². The molecule has 0 heterocycles. The molecule has 0 amide bonds. The fraction of sp³-hybridized carbons (Fsp3) is 0.857. The van der Waals surface area contributed by atoms with Gasteiger partial charge in [-0.15, -0.1) is 0 Å². The quantitative estimate of drug-likeness (QED) is 0.444. The standard InChI is InChI=1S/C14H26O2/c1-11(2)6-5-7-12(3)8-9-14(10-15)13(4)16/h10-12,14H,5-9H2,1-4H3. The van der Waals surface area contributed by atoms with Crippen LogP contribution in [-0.4, -0.2) is 12.1 Å². The maximum atomic E-state index is 11.1. The van der Waals surface area contributed by atoms with Crippen LogP contribution in [0.25, 0.3) is 0 Å². The fourth-order valence-electron chi connectivity index (χ4n) is 1.85. The van der Waals surface area contributed by atoms with Crippen LogP contribution < -0.4 is 0 Å². The minimum absolute atomic E-state index is 0.00406. The van der Waals surface area contributed by atoms with Crippen LogP contribution in [-0.2, 0) is 9.59 Å². The summed E-state index contributed by atoms with van der Waals surface area (Å²) in [5.74, 6) is 1.03. The molecule has 0 spiro atoms. The highest BCUT2D eigenvalue weighted by molar-refractivity contribution is 5.91. The van der Waals surface area contributed by atoms with Crippen LogP contribution in [0.1, 0.15) is 59.8 Å². The molecule has 0 saturated heterocycles. The van der Waals surface area contributed by atoms with Crippen molar-refractivity contribution in [3.63, 3.8) is 0 Å². The van der Waals surface area contributed by atoms with E-state index < -0.39 is 0 Å². The second kappa shape index (κ2) is 8.49. The number of Topliss-reactive ketones (excluding diaryl/α,β-unsaturated/α-hetero) is 1. The van der Waals surface area contributed by atoms with Crippen LogP contribution >= 0.6 is 0 Å². The number of hydrogen-bond acceptors (Lipinski definition) is 2. The van der Waals surface area contributed by atoms with Crippen molar-refractivity contribution >= 4 is 12.1 Å². The second-order valence-electron chi connectivity index (χ2n) is 5.36. The zero-order valence-electron chi connectivity index (χ0n) is 11.2. The fourth-order valence-corrected chi connectivity index (χ4v) is 1.85. The molecule has 0 radical (unpaired) electrons. The van der Waals surface area contributed by atoms with Crippen LogP contribution in [0.15, 0.2) is 0 Å². The van der Waals surface area contributed by atoms with Crippen molar-refractivity contribution in [3.8, 4) is 0 Å². The molecular weight excluding hydrogens is 200 g/mol. The van der Waals surface area contributed by atoms with Crippen LogP contribution in [0, 0.1) is 17.8 Å². The zero-order chi connectivity index (χ0) is 12.6. The maximum Gasteiger partial charge on any atom is 0.139 e.